The number of nitrogens with zero attached hydrogens (tertiary/aromatic N) is 4. The lowest BCUT2D eigenvalue weighted by Gasteiger charge is -2.35. The van der Waals surface area contributed by atoms with Crippen molar-refractivity contribution in [1.29, 1.82) is 0 Å². The van der Waals surface area contributed by atoms with E-state index in [1.54, 1.807) is 18.3 Å². The number of nitrogens with two attached hydrogens (primary N) is 1. The van der Waals surface area contributed by atoms with Crippen LogP contribution in [0, 0.1) is 0 Å². The summed E-state index contributed by atoms with van der Waals surface area (Å²) in [4.78, 5) is 28.2. The Kier molecular flexibility index (Phi) is 5.82. The van der Waals surface area contributed by atoms with Crippen LogP contribution in [0.4, 0.5) is 10.6 Å². The summed E-state index contributed by atoms with van der Waals surface area (Å²) < 4.78 is 5.04. The SMILES string of the molecule is CC1CNCCN1CCN(C)c1ccc(-c2nc3c(OC(N)=O)cccc3[nH]2)cn1. The number of pyridine rings is 1. The molecule has 158 valence electrons. The number of H-pyrrole nitrogens is 1. The summed E-state index contributed by atoms with van der Waals surface area (Å²) in [5, 5.41) is 3.42. The summed E-state index contributed by atoms with van der Waals surface area (Å²) in [5.74, 6) is 1.89. The van der Waals surface area contributed by atoms with Crippen molar-refractivity contribution in [3.8, 4) is 17.1 Å². The maximum absolute atomic E-state index is 11.1. The zero-order chi connectivity index (χ0) is 21.1. The Morgan fingerprint density at radius 2 is 2.23 bits per heavy atom. The first-order valence-corrected chi connectivity index (χ1v) is 10.1. The molecule has 4 rings (SSSR count). The number of nitrogens with one attached hydrogen (secondary N) is 2. The van der Waals surface area contributed by atoms with Crippen LogP contribution in [0.25, 0.3) is 22.4 Å². The van der Waals surface area contributed by atoms with Gasteiger partial charge in [0.2, 0.25) is 0 Å². The average Bonchev–Trinajstić information content (AvgIpc) is 3.18. The van der Waals surface area contributed by atoms with Crippen molar-refractivity contribution in [1.82, 2.24) is 25.2 Å². The van der Waals surface area contributed by atoms with Gasteiger partial charge in [-0.3, -0.25) is 4.90 Å². The Hall–Kier alpha value is -3.17. The molecule has 0 saturated carbocycles. The summed E-state index contributed by atoms with van der Waals surface area (Å²) in [6, 6.07) is 9.83. The normalized spacial score (nSPS) is 17.2. The van der Waals surface area contributed by atoms with E-state index in [9.17, 15) is 4.79 Å². The highest BCUT2D eigenvalue weighted by Gasteiger charge is 2.18. The molecule has 9 nitrogen and oxygen atoms in total. The van der Waals surface area contributed by atoms with Crippen molar-refractivity contribution >= 4 is 22.9 Å². The molecular formula is C21H27N7O2. The van der Waals surface area contributed by atoms with Crippen molar-refractivity contribution in [2.24, 2.45) is 5.73 Å². The number of fused-ring (bicyclic) bond motifs is 1. The lowest BCUT2D eigenvalue weighted by molar-refractivity contribution is 0.178. The first-order valence-electron chi connectivity index (χ1n) is 10.1. The highest BCUT2D eigenvalue weighted by Crippen LogP contribution is 2.27. The number of likely N-dealkylation sites (N-methyl/N-ethyl adjacent to an activating group) is 1. The zero-order valence-corrected chi connectivity index (χ0v) is 17.3. The van der Waals surface area contributed by atoms with Gasteiger partial charge in [0.1, 0.15) is 17.2 Å². The number of aromatic amines is 1. The van der Waals surface area contributed by atoms with Gasteiger partial charge in [0, 0.05) is 57.6 Å². The maximum Gasteiger partial charge on any atom is 0.410 e. The second-order valence-electron chi connectivity index (χ2n) is 7.57. The van der Waals surface area contributed by atoms with Crippen molar-refractivity contribution in [2.75, 3.05) is 44.7 Å². The third-order valence-corrected chi connectivity index (χ3v) is 5.46. The number of piperazine rings is 1. The number of anilines is 1. The van der Waals surface area contributed by atoms with Gasteiger partial charge in [0.05, 0.1) is 5.52 Å². The van der Waals surface area contributed by atoms with Crippen LogP contribution in [0.1, 0.15) is 6.92 Å². The number of primary amides is 1. The molecule has 1 unspecified atom stereocenters. The third-order valence-electron chi connectivity index (χ3n) is 5.46. The Bertz CT molecular complexity index is 1020. The van der Waals surface area contributed by atoms with Crippen molar-refractivity contribution in [2.45, 2.75) is 13.0 Å². The van der Waals surface area contributed by atoms with E-state index in [2.05, 4.69) is 44.0 Å². The minimum absolute atomic E-state index is 0.328. The topological polar surface area (TPSA) is 112 Å². The van der Waals surface area contributed by atoms with E-state index < -0.39 is 6.09 Å². The van der Waals surface area contributed by atoms with E-state index in [-0.39, 0.29) is 0 Å². The number of aromatic nitrogens is 3. The van der Waals surface area contributed by atoms with Crippen LogP contribution in [-0.4, -0.2) is 71.8 Å². The monoisotopic (exact) mass is 409 g/mol. The number of carbonyl (C=O) groups excluding carboxylic acids is 1. The van der Waals surface area contributed by atoms with E-state index in [1.807, 2.05) is 18.2 Å². The highest BCUT2D eigenvalue weighted by molar-refractivity contribution is 5.87. The predicted molar refractivity (Wildman–Crippen MR) is 117 cm³/mol. The summed E-state index contributed by atoms with van der Waals surface area (Å²) in [5.41, 5.74) is 7.30. The highest BCUT2D eigenvalue weighted by atomic mass is 16.5. The molecule has 1 aliphatic heterocycles. The molecule has 1 fully saturated rings. The molecule has 1 amide bonds. The molecule has 0 bridgehead atoms. The summed E-state index contributed by atoms with van der Waals surface area (Å²) >= 11 is 0. The fourth-order valence-corrected chi connectivity index (χ4v) is 3.69. The number of hydrogen-bond acceptors (Lipinski definition) is 7. The van der Waals surface area contributed by atoms with Crippen LogP contribution >= 0.6 is 0 Å². The second-order valence-corrected chi connectivity index (χ2v) is 7.57. The van der Waals surface area contributed by atoms with Crippen molar-refractivity contribution in [3.63, 3.8) is 0 Å². The van der Waals surface area contributed by atoms with E-state index in [4.69, 9.17) is 10.5 Å². The van der Waals surface area contributed by atoms with Gasteiger partial charge in [-0.25, -0.2) is 14.8 Å². The largest absolute Gasteiger partial charge is 0.410 e. The number of amides is 1. The molecule has 3 aromatic rings. The fourth-order valence-electron chi connectivity index (χ4n) is 3.69. The van der Waals surface area contributed by atoms with Crippen LogP contribution in [-0.2, 0) is 0 Å². The molecule has 1 atom stereocenters. The minimum atomic E-state index is -0.865. The van der Waals surface area contributed by atoms with Gasteiger partial charge in [-0.2, -0.15) is 0 Å². The molecule has 30 heavy (non-hydrogen) atoms. The van der Waals surface area contributed by atoms with Gasteiger partial charge in [0.15, 0.2) is 5.75 Å². The number of rotatable bonds is 6. The molecule has 9 heteroatoms. The molecule has 2 aromatic heterocycles. The molecule has 3 heterocycles. The smallest absolute Gasteiger partial charge is 0.408 e. The van der Waals surface area contributed by atoms with Gasteiger partial charge in [-0.1, -0.05) is 6.07 Å². The Morgan fingerprint density at radius 3 is 2.97 bits per heavy atom. The predicted octanol–water partition coefficient (Wildman–Crippen LogP) is 1.81. The van der Waals surface area contributed by atoms with Crippen LogP contribution in [0.15, 0.2) is 36.5 Å². The van der Waals surface area contributed by atoms with Crippen LogP contribution in [0.3, 0.4) is 0 Å². The molecule has 1 saturated heterocycles. The van der Waals surface area contributed by atoms with Crippen molar-refractivity contribution in [3.05, 3.63) is 36.5 Å². The second kappa shape index (κ2) is 8.68. The van der Waals surface area contributed by atoms with Gasteiger partial charge in [-0.15, -0.1) is 0 Å². The minimum Gasteiger partial charge on any atom is -0.408 e. The first-order chi connectivity index (χ1) is 14.5. The van der Waals surface area contributed by atoms with Crippen LogP contribution < -0.4 is 20.7 Å². The van der Waals surface area contributed by atoms with Gasteiger partial charge in [0.25, 0.3) is 0 Å². The van der Waals surface area contributed by atoms with E-state index in [0.29, 0.717) is 23.1 Å². The Labute approximate surface area is 175 Å². The summed E-state index contributed by atoms with van der Waals surface area (Å²) in [6.07, 6.45) is 0.933. The first kappa shape index (κ1) is 20.1. The van der Waals surface area contributed by atoms with Crippen LogP contribution in [0.5, 0.6) is 5.75 Å². The standard InChI is InChI=1S/C21H27N7O2/c1-14-12-23-8-9-28(14)11-10-27(2)18-7-6-15(13-24-18)20-25-16-4-3-5-17(19(16)26-20)30-21(22)29/h3-7,13-14,23H,8-12H2,1-2H3,(H2,22,29)(H,25,26). The lowest BCUT2D eigenvalue weighted by Crippen LogP contribution is -2.51. The number of carbonyl (C=O) groups is 1. The lowest BCUT2D eigenvalue weighted by atomic mass is 10.2. The van der Waals surface area contributed by atoms with E-state index in [1.165, 1.54) is 0 Å². The maximum atomic E-state index is 11.1. The van der Waals surface area contributed by atoms with Crippen molar-refractivity contribution < 1.29 is 9.53 Å². The van der Waals surface area contributed by atoms with Gasteiger partial charge < -0.3 is 25.7 Å². The molecule has 0 radical (unpaired) electrons. The third kappa shape index (κ3) is 4.37. The molecule has 4 N–H and O–H groups in total. The number of benzene rings is 1. The number of ether oxygens (including phenoxy) is 1. The Morgan fingerprint density at radius 1 is 1.37 bits per heavy atom. The molecule has 0 spiro atoms. The fraction of sp³-hybridized carbons (Fsp3) is 0.381. The summed E-state index contributed by atoms with van der Waals surface area (Å²) in [6.45, 7) is 7.34. The average molecular weight is 409 g/mol. The number of hydrogen-bond donors (Lipinski definition) is 3. The quantitative estimate of drug-likeness (QED) is 0.569. The molecule has 1 aromatic carbocycles. The van der Waals surface area contributed by atoms with Gasteiger partial charge >= 0.3 is 6.09 Å². The van der Waals surface area contributed by atoms with E-state index >= 15 is 0 Å². The van der Waals surface area contributed by atoms with E-state index in [0.717, 1.165) is 49.6 Å². The van der Waals surface area contributed by atoms with Gasteiger partial charge in [-0.05, 0) is 31.2 Å². The summed E-state index contributed by atoms with van der Waals surface area (Å²) in [7, 11) is 2.06. The number of imidazole rings is 1. The zero-order valence-electron chi connectivity index (χ0n) is 17.3. The molecule has 0 aliphatic carbocycles. The molecule has 1 aliphatic rings. The number of para-hydroxylation sites is 1. The Balaban J connectivity index is 1.46. The van der Waals surface area contributed by atoms with Crippen LogP contribution in [0.2, 0.25) is 0 Å². The molecular weight excluding hydrogens is 382 g/mol.